The van der Waals surface area contributed by atoms with Gasteiger partial charge in [-0.25, -0.2) is 0 Å². The zero-order chi connectivity index (χ0) is 21.8. The molecule has 0 aromatic heterocycles. The molecule has 166 valence electrons. The van der Waals surface area contributed by atoms with E-state index in [4.69, 9.17) is 14.2 Å². The molecular weight excluding hydrogens is 392 g/mol. The lowest BCUT2D eigenvalue weighted by molar-refractivity contribution is -0.120. The summed E-state index contributed by atoms with van der Waals surface area (Å²) in [5, 5.41) is 2.84. The van der Waals surface area contributed by atoms with Crippen LogP contribution >= 0.6 is 0 Å². The maximum atomic E-state index is 11.2. The molecule has 0 aliphatic carbocycles. The van der Waals surface area contributed by atoms with Crippen LogP contribution in [0.15, 0.2) is 36.4 Å². The Hall–Kier alpha value is -2.73. The first-order chi connectivity index (χ1) is 15.2. The van der Waals surface area contributed by atoms with Crippen molar-refractivity contribution < 1.29 is 19.0 Å². The first-order valence-corrected chi connectivity index (χ1v) is 11.1. The highest BCUT2D eigenvalue weighted by Gasteiger charge is 2.36. The Bertz CT molecular complexity index is 908. The van der Waals surface area contributed by atoms with Gasteiger partial charge in [0.1, 0.15) is 0 Å². The largest absolute Gasteiger partial charge is 0.493 e. The van der Waals surface area contributed by atoms with E-state index in [0.717, 1.165) is 55.6 Å². The van der Waals surface area contributed by atoms with Gasteiger partial charge in [-0.15, -0.1) is 0 Å². The van der Waals surface area contributed by atoms with Gasteiger partial charge in [0.2, 0.25) is 6.41 Å². The van der Waals surface area contributed by atoms with Gasteiger partial charge in [-0.3, -0.25) is 4.79 Å². The second-order valence-corrected chi connectivity index (χ2v) is 8.22. The number of nitrogens with zero attached hydrogens (tertiary/aromatic N) is 1. The van der Waals surface area contributed by atoms with Gasteiger partial charge in [0.25, 0.3) is 0 Å². The van der Waals surface area contributed by atoms with Gasteiger partial charge in [0.05, 0.1) is 20.3 Å². The fourth-order valence-corrected chi connectivity index (χ4v) is 5.06. The zero-order valence-corrected chi connectivity index (χ0v) is 18.6. The summed E-state index contributed by atoms with van der Waals surface area (Å²) in [6, 6.07) is 12.5. The fourth-order valence-electron chi connectivity index (χ4n) is 5.06. The van der Waals surface area contributed by atoms with E-state index in [-0.39, 0.29) is 6.10 Å². The predicted molar refractivity (Wildman–Crippen MR) is 121 cm³/mol. The van der Waals surface area contributed by atoms with Gasteiger partial charge < -0.3 is 24.4 Å². The molecule has 6 heteroatoms. The van der Waals surface area contributed by atoms with Crippen LogP contribution in [-0.4, -0.2) is 39.8 Å². The second kappa shape index (κ2) is 9.60. The quantitative estimate of drug-likeness (QED) is 0.684. The van der Waals surface area contributed by atoms with Crippen molar-refractivity contribution in [2.75, 3.05) is 32.2 Å². The Labute approximate surface area is 184 Å². The van der Waals surface area contributed by atoms with Gasteiger partial charge in [-0.05, 0) is 42.9 Å². The van der Waals surface area contributed by atoms with Gasteiger partial charge in [0, 0.05) is 36.3 Å². The Morgan fingerprint density at radius 2 is 1.90 bits per heavy atom. The molecule has 0 bridgehead atoms. The number of nitrogens with one attached hydrogen (secondary N) is 1. The van der Waals surface area contributed by atoms with Crippen molar-refractivity contribution in [3.05, 3.63) is 53.1 Å². The number of hydrogen-bond donors (Lipinski definition) is 1. The van der Waals surface area contributed by atoms with Crippen LogP contribution in [0.4, 0.5) is 5.69 Å². The van der Waals surface area contributed by atoms with E-state index in [9.17, 15) is 4.79 Å². The van der Waals surface area contributed by atoms with Crippen molar-refractivity contribution in [2.45, 2.75) is 44.9 Å². The van der Waals surface area contributed by atoms with Crippen molar-refractivity contribution in [3.63, 3.8) is 0 Å². The Balaban J connectivity index is 1.53. The van der Waals surface area contributed by atoms with Crippen LogP contribution < -0.4 is 19.7 Å². The monoisotopic (exact) mass is 424 g/mol. The van der Waals surface area contributed by atoms with Crippen LogP contribution in [0.5, 0.6) is 11.5 Å². The van der Waals surface area contributed by atoms with E-state index < -0.39 is 6.23 Å². The topological polar surface area (TPSA) is 60.0 Å². The van der Waals surface area contributed by atoms with Crippen LogP contribution in [0.1, 0.15) is 42.7 Å². The third-order valence-corrected chi connectivity index (χ3v) is 6.68. The summed E-state index contributed by atoms with van der Waals surface area (Å²) >= 11 is 0. The molecule has 2 heterocycles. The summed E-state index contributed by atoms with van der Waals surface area (Å²) in [4.78, 5) is 13.7. The molecule has 1 fully saturated rings. The minimum absolute atomic E-state index is 0.0227. The van der Waals surface area contributed by atoms with Crippen molar-refractivity contribution in [2.24, 2.45) is 5.92 Å². The van der Waals surface area contributed by atoms with E-state index in [0.29, 0.717) is 18.1 Å². The van der Waals surface area contributed by atoms with Crippen LogP contribution in [-0.2, 0) is 22.4 Å². The number of carbonyl (C=O) groups excluding carboxylic acids is 1. The number of benzene rings is 2. The Kier molecular flexibility index (Phi) is 6.66. The fraction of sp³-hybridized carbons (Fsp3) is 0.480. The van der Waals surface area contributed by atoms with Gasteiger partial charge in [-0.2, -0.15) is 0 Å². The summed E-state index contributed by atoms with van der Waals surface area (Å²) in [6.45, 7) is 4.23. The molecular formula is C25H32N2O4. The van der Waals surface area contributed by atoms with Crippen LogP contribution in [0.2, 0.25) is 0 Å². The molecule has 2 atom stereocenters. The lowest BCUT2D eigenvalue weighted by Gasteiger charge is -2.41. The van der Waals surface area contributed by atoms with Crippen molar-refractivity contribution in [1.29, 1.82) is 0 Å². The number of aryl methyl sites for hydroxylation is 1. The minimum atomic E-state index is -0.468. The Morgan fingerprint density at radius 1 is 1.13 bits per heavy atom. The molecule has 2 aliphatic rings. The van der Waals surface area contributed by atoms with Gasteiger partial charge in [-0.1, -0.05) is 31.2 Å². The first-order valence-electron chi connectivity index (χ1n) is 11.1. The molecule has 0 radical (unpaired) electrons. The number of methoxy groups -OCH3 is 2. The summed E-state index contributed by atoms with van der Waals surface area (Å²) in [5.41, 5.74) is 4.76. The SMILES string of the molecule is CCc1ccccc1N1CCC([C@@H]2Cc3c(ccc(OC)c3OC)[C@H](NC=O)O2)CC1. The molecule has 1 N–H and O–H groups in total. The summed E-state index contributed by atoms with van der Waals surface area (Å²) in [5.74, 6) is 1.86. The predicted octanol–water partition coefficient (Wildman–Crippen LogP) is 3.87. The molecule has 31 heavy (non-hydrogen) atoms. The number of ether oxygens (including phenoxy) is 3. The summed E-state index contributed by atoms with van der Waals surface area (Å²) in [6.07, 6.45) is 4.16. The molecule has 0 unspecified atom stereocenters. The molecule has 0 spiro atoms. The van der Waals surface area contributed by atoms with E-state index in [1.807, 2.05) is 12.1 Å². The molecule has 1 saturated heterocycles. The average molecular weight is 425 g/mol. The third kappa shape index (κ3) is 4.22. The van der Waals surface area contributed by atoms with Crippen LogP contribution in [0.25, 0.3) is 0 Å². The molecule has 4 rings (SSSR count). The van der Waals surface area contributed by atoms with E-state index in [2.05, 4.69) is 41.4 Å². The lowest BCUT2D eigenvalue weighted by atomic mass is 9.84. The number of rotatable bonds is 7. The number of fused-ring (bicyclic) bond motifs is 1. The average Bonchev–Trinajstić information content (AvgIpc) is 2.83. The number of carbonyl (C=O) groups is 1. The second-order valence-electron chi connectivity index (χ2n) is 8.22. The molecule has 2 aliphatic heterocycles. The van der Waals surface area contributed by atoms with Crippen LogP contribution in [0.3, 0.4) is 0 Å². The summed E-state index contributed by atoms with van der Waals surface area (Å²) < 4.78 is 17.6. The highest BCUT2D eigenvalue weighted by atomic mass is 16.5. The number of amides is 1. The molecule has 2 aromatic rings. The minimum Gasteiger partial charge on any atom is -0.493 e. The standard InChI is InChI=1S/C25H32N2O4/c1-4-17-7-5-6-8-21(17)27-13-11-18(12-14-27)23-15-20-19(25(31-23)26-16-28)9-10-22(29-2)24(20)30-3/h5-10,16,18,23,25H,4,11-15H2,1-3H3,(H,26,28)/t23-,25+/m0/s1. The number of para-hydroxylation sites is 1. The molecule has 6 nitrogen and oxygen atoms in total. The third-order valence-electron chi connectivity index (χ3n) is 6.68. The van der Waals surface area contributed by atoms with Crippen LogP contribution in [0, 0.1) is 5.92 Å². The lowest BCUT2D eigenvalue weighted by Crippen LogP contribution is -2.43. The molecule has 1 amide bonds. The Morgan fingerprint density at radius 3 is 2.58 bits per heavy atom. The maximum Gasteiger partial charge on any atom is 0.209 e. The first kappa shape index (κ1) is 21.5. The maximum absolute atomic E-state index is 11.2. The van der Waals surface area contributed by atoms with E-state index in [1.165, 1.54) is 11.3 Å². The van der Waals surface area contributed by atoms with Gasteiger partial charge in [0.15, 0.2) is 17.7 Å². The highest BCUT2D eigenvalue weighted by Crippen LogP contribution is 2.43. The number of piperidine rings is 1. The van der Waals surface area contributed by atoms with Crippen molar-refractivity contribution >= 4 is 12.1 Å². The van der Waals surface area contributed by atoms with E-state index >= 15 is 0 Å². The molecule has 2 aromatic carbocycles. The number of anilines is 1. The van der Waals surface area contributed by atoms with Crippen molar-refractivity contribution in [1.82, 2.24) is 5.32 Å². The smallest absolute Gasteiger partial charge is 0.209 e. The highest BCUT2D eigenvalue weighted by molar-refractivity contribution is 5.55. The van der Waals surface area contributed by atoms with E-state index in [1.54, 1.807) is 14.2 Å². The number of hydrogen-bond acceptors (Lipinski definition) is 5. The van der Waals surface area contributed by atoms with Crippen molar-refractivity contribution in [3.8, 4) is 11.5 Å². The molecule has 0 saturated carbocycles. The zero-order valence-electron chi connectivity index (χ0n) is 18.6. The normalized spacial score (nSPS) is 21.3. The summed E-state index contributed by atoms with van der Waals surface area (Å²) in [7, 11) is 3.31. The van der Waals surface area contributed by atoms with Gasteiger partial charge >= 0.3 is 0 Å².